The van der Waals surface area contributed by atoms with E-state index in [0.717, 1.165) is 17.9 Å². The van der Waals surface area contributed by atoms with Crippen LogP contribution in [-0.4, -0.2) is 49.9 Å². The third-order valence-corrected chi connectivity index (χ3v) is 3.80. The smallest absolute Gasteiger partial charge is 0.253 e. The van der Waals surface area contributed by atoms with E-state index < -0.39 is 6.10 Å². The van der Waals surface area contributed by atoms with Gasteiger partial charge in [-0.05, 0) is 25.5 Å². The summed E-state index contributed by atoms with van der Waals surface area (Å²) in [6.07, 6.45) is 1.96. The maximum absolute atomic E-state index is 12.3. The van der Waals surface area contributed by atoms with Gasteiger partial charge in [-0.25, -0.2) is 0 Å². The average Bonchev–Trinajstić information content (AvgIpc) is 3.15. The van der Waals surface area contributed by atoms with Gasteiger partial charge in [-0.3, -0.25) is 4.79 Å². The number of benzene rings is 1. The fourth-order valence-corrected chi connectivity index (χ4v) is 2.58. The van der Waals surface area contributed by atoms with E-state index >= 15 is 0 Å². The van der Waals surface area contributed by atoms with Crippen LogP contribution < -0.4 is 0 Å². The minimum atomic E-state index is -0.392. The largest absolute Gasteiger partial charge is 0.391 e. The van der Waals surface area contributed by atoms with Crippen molar-refractivity contribution in [1.29, 1.82) is 0 Å². The molecule has 1 fully saturated rings. The lowest BCUT2D eigenvalue weighted by Gasteiger charge is -2.15. The number of aliphatic hydroxyl groups is 1. The van der Waals surface area contributed by atoms with E-state index in [1.165, 1.54) is 0 Å². The summed E-state index contributed by atoms with van der Waals surface area (Å²) in [5.74, 6) is 0.767. The van der Waals surface area contributed by atoms with Gasteiger partial charge in [0, 0.05) is 30.8 Å². The molecular weight excluding hydrogens is 268 g/mol. The number of hydrogen-bond donors (Lipinski definition) is 1. The first-order chi connectivity index (χ1) is 10.2. The Bertz CT molecular complexity index is 635. The van der Waals surface area contributed by atoms with Gasteiger partial charge in [0.2, 0.25) is 0 Å². The average molecular weight is 286 g/mol. The van der Waals surface area contributed by atoms with Gasteiger partial charge in [0.1, 0.15) is 6.33 Å². The Morgan fingerprint density at radius 1 is 1.38 bits per heavy atom. The molecule has 0 bridgehead atoms. The van der Waals surface area contributed by atoms with Gasteiger partial charge >= 0.3 is 0 Å². The van der Waals surface area contributed by atoms with Crippen molar-refractivity contribution in [2.75, 3.05) is 13.1 Å². The van der Waals surface area contributed by atoms with Crippen LogP contribution in [0.3, 0.4) is 0 Å². The normalized spacial score (nSPS) is 18.2. The van der Waals surface area contributed by atoms with Crippen molar-refractivity contribution in [2.24, 2.45) is 0 Å². The molecule has 2 heterocycles. The van der Waals surface area contributed by atoms with Crippen LogP contribution in [0.5, 0.6) is 0 Å². The van der Waals surface area contributed by atoms with E-state index in [2.05, 4.69) is 10.2 Å². The van der Waals surface area contributed by atoms with Crippen LogP contribution in [0.4, 0.5) is 0 Å². The summed E-state index contributed by atoms with van der Waals surface area (Å²) in [6, 6.07) is 7.37. The fraction of sp³-hybridized carbons (Fsp3) is 0.400. The van der Waals surface area contributed by atoms with E-state index in [1.54, 1.807) is 23.4 Å². The summed E-state index contributed by atoms with van der Waals surface area (Å²) >= 11 is 0. The molecule has 0 aliphatic carbocycles. The molecule has 0 unspecified atom stereocenters. The number of hydrogen-bond acceptors (Lipinski definition) is 4. The van der Waals surface area contributed by atoms with Crippen LogP contribution >= 0.6 is 0 Å². The maximum atomic E-state index is 12.3. The van der Waals surface area contributed by atoms with E-state index in [4.69, 9.17) is 0 Å². The number of aryl methyl sites for hydroxylation is 1. The first-order valence-corrected chi connectivity index (χ1v) is 7.14. The van der Waals surface area contributed by atoms with Crippen molar-refractivity contribution >= 4 is 5.91 Å². The second-order valence-corrected chi connectivity index (χ2v) is 5.21. The second-order valence-electron chi connectivity index (χ2n) is 5.21. The predicted molar refractivity (Wildman–Crippen MR) is 77.7 cm³/mol. The third-order valence-electron chi connectivity index (χ3n) is 3.80. The van der Waals surface area contributed by atoms with Crippen LogP contribution in [0.1, 0.15) is 23.7 Å². The summed E-state index contributed by atoms with van der Waals surface area (Å²) in [6.45, 7) is 3.87. The first-order valence-electron chi connectivity index (χ1n) is 7.14. The molecule has 1 atom stereocenters. The number of rotatable bonds is 3. The highest BCUT2D eigenvalue weighted by Gasteiger charge is 2.25. The Kier molecular flexibility index (Phi) is 3.70. The molecule has 1 aromatic carbocycles. The minimum absolute atomic E-state index is 0.0324. The number of likely N-dealkylation sites (tertiary alicyclic amines) is 1. The van der Waals surface area contributed by atoms with Crippen LogP contribution in [-0.2, 0) is 6.54 Å². The molecule has 110 valence electrons. The minimum Gasteiger partial charge on any atom is -0.391 e. The number of aromatic nitrogens is 3. The summed E-state index contributed by atoms with van der Waals surface area (Å²) in [7, 11) is 0. The van der Waals surface area contributed by atoms with Gasteiger partial charge in [0.05, 0.1) is 6.10 Å². The molecule has 1 aliphatic heterocycles. The monoisotopic (exact) mass is 286 g/mol. The molecule has 6 heteroatoms. The molecule has 1 aliphatic rings. The quantitative estimate of drug-likeness (QED) is 0.919. The zero-order valence-corrected chi connectivity index (χ0v) is 11.9. The maximum Gasteiger partial charge on any atom is 0.253 e. The molecule has 2 aromatic rings. The van der Waals surface area contributed by atoms with E-state index in [0.29, 0.717) is 25.1 Å². The number of β-amino-alcohol motifs (C(OH)–C–C–N with tert-alkyl or cyclic N) is 1. The zero-order chi connectivity index (χ0) is 14.8. The Morgan fingerprint density at radius 3 is 2.76 bits per heavy atom. The standard InChI is InChI=1S/C15H18N4O2/c1-2-18-10-16-17-14(18)11-3-5-12(6-4-11)15(21)19-8-7-13(20)9-19/h3-6,10,13,20H,2,7-9H2,1H3/t13-/m1/s1. The molecule has 21 heavy (non-hydrogen) atoms. The van der Waals surface area contributed by atoms with Gasteiger partial charge in [-0.2, -0.15) is 0 Å². The van der Waals surface area contributed by atoms with Crippen LogP contribution in [0, 0.1) is 0 Å². The number of carbonyl (C=O) groups is 1. The number of aliphatic hydroxyl groups excluding tert-OH is 1. The van der Waals surface area contributed by atoms with Crippen molar-refractivity contribution in [1.82, 2.24) is 19.7 Å². The second kappa shape index (κ2) is 5.65. The van der Waals surface area contributed by atoms with Gasteiger partial charge in [0.25, 0.3) is 5.91 Å². The summed E-state index contributed by atoms with van der Waals surface area (Å²) in [5, 5.41) is 17.5. The molecule has 1 N–H and O–H groups in total. The van der Waals surface area contributed by atoms with Crippen molar-refractivity contribution in [3.05, 3.63) is 36.2 Å². The Balaban J connectivity index is 1.79. The lowest BCUT2D eigenvalue weighted by molar-refractivity contribution is 0.0765. The van der Waals surface area contributed by atoms with Gasteiger partial charge in [-0.15, -0.1) is 10.2 Å². The Labute approximate surface area is 123 Å². The topological polar surface area (TPSA) is 71.2 Å². The summed E-state index contributed by atoms with van der Waals surface area (Å²) in [4.78, 5) is 14.0. The first kappa shape index (κ1) is 13.8. The SMILES string of the molecule is CCn1cnnc1-c1ccc(C(=O)N2CC[C@@H](O)C2)cc1. The number of carbonyl (C=O) groups excluding carboxylic acids is 1. The highest BCUT2D eigenvalue weighted by atomic mass is 16.3. The molecule has 1 aromatic heterocycles. The fourth-order valence-electron chi connectivity index (χ4n) is 2.58. The van der Waals surface area contributed by atoms with Crippen molar-refractivity contribution in [3.8, 4) is 11.4 Å². The van der Waals surface area contributed by atoms with Gasteiger partial charge in [0.15, 0.2) is 5.82 Å². The lowest BCUT2D eigenvalue weighted by atomic mass is 10.1. The molecular formula is C15H18N4O2. The van der Waals surface area contributed by atoms with Crippen LogP contribution in [0.15, 0.2) is 30.6 Å². The van der Waals surface area contributed by atoms with Crippen molar-refractivity contribution in [2.45, 2.75) is 26.0 Å². The van der Waals surface area contributed by atoms with Crippen molar-refractivity contribution < 1.29 is 9.90 Å². The number of amides is 1. The summed E-state index contributed by atoms with van der Waals surface area (Å²) in [5.41, 5.74) is 1.57. The zero-order valence-electron chi connectivity index (χ0n) is 11.9. The molecule has 0 saturated carbocycles. The van der Waals surface area contributed by atoms with Crippen molar-refractivity contribution in [3.63, 3.8) is 0 Å². The molecule has 1 saturated heterocycles. The third kappa shape index (κ3) is 2.67. The molecule has 0 spiro atoms. The molecule has 3 rings (SSSR count). The van der Waals surface area contributed by atoms with Crippen LogP contribution in [0.25, 0.3) is 11.4 Å². The van der Waals surface area contributed by atoms with Gasteiger partial charge < -0.3 is 14.6 Å². The molecule has 6 nitrogen and oxygen atoms in total. The highest BCUT2D eigenvalue weighted by molar-refractivity contribution is 5.94. The Morgan fingerprint density at radius 2 is 2.14 bits per heavy atom. The van der Waals surface area contributed by atoms with Gasteiger partial charge in [-0.1, -0.05) is 12.1 Å². The lowest BCUT2D eigenvalue weighted by Crippen LogP contribution is -2.29. The number of nitrogens with zero attached hydrogens (tertiary/aromatic N) is 4. The van der Waals surface area contributed by atoms with Crippen LogP contribution in [0.2, 0.25) is 0 Å². The van der Waals surface area contributed by atoms with E-state index in [-0.39, 0.29) is 5.91 Å². The van der Waals surface area contributed by atoms with E-state index in [1.807, 2.05) is 23.6 Å². The molecule has 0 radical (unpaired) electrons. The predicted octanol–water partition coefficient (Wildman–Crippen LogP) is 1.17. The highest BCUT2D eigenvalue weighted by Crippen LogP contribution is 2.19. The van der Waals surface area contributed by atoms with E-state index in [9.17, 15) is 9.90 Å². The molecule has 1 amide bonds. The summed E-state index contributed by atoms with van der Waals surface area (Å²) < 4.78 is 1.95. The Hall–Kier alpha value is -2.21.